The lowest BCUT2D eigenvalue weighted by atomic mass is 10.1. The van der Waals surface area contributed by atoms with Crippen molar-refractivity contribution < 1.29 is 0 Å². The van der Waals surface area contributed by atoms with Crippen LogP contribution in [0.2, 0.25) is 0 Å². The normalized spacial score (nSPS) is 14.4. The SMILES string of the molecule is C=NC1=C(NC)CNc2ncccc21. The van der Waals surface area contributed by atoms with Crippen LogP contribution < -0.4 is 10.6 Å². The number of rotatable bonds is 2. The van der Waals surface area contributed by atoms with Gasteiger partial charge in [0.2, 0.25) is 0 Å². The van der Waals surface area contributed by atoms with Gasteiger partial charge in [-0.15, -0.1) is 0 Å². The van der Waals surface area contributed by atoms with Crippen LogP contribution in [0.15, 0.2) is 29.0 Å². The molecule has 0 saturated heterocycles. The zero-order valence-corrected chi connectivity index (χ0v) is 8.04. The van der Waals surface area contributed by atoms with E-state index < -0.39 is 0 Å². The summed E-state index contributed by atoms with van der Waals surface area (Å²) < 4.78 is 0. The highest BCUT2D eigenvalue weighted by Crippen LogP contribution is 2.28. The average Bonchev–Trinajstić information content (AvgIpc) is 2.27. The third-order valence-electron chi connectivity index (χ3n) is 2.24. The first-order chi connectivity index (χ1) is 6.86. The molecule has 0 atom stereocenters. The fourth-order valence-corrected chi connectivity index (χ4v) is 1.54. The van der Waals surface area contributed by atoms with Gasteiger partial charge in [-0.2, -0.15) is 0 Å². The first-order valence-corrected chi connectivity index (χ1v) is 4.43. The van der Waals surface area contributed by atoms with Gasteiger partial charge in [-0.3, -0.25) is 4.99 Å². The van der Waals surface area contributed by atoms with Crippen molar-refractivity contribution in [3.63, 3.8) is 0 Å². The minimum atomic E-state index is 0.717. The van der Waals surface area contributed by atoms with Crippen molar-refractivity contribution in [2.45, 2.75) is 0 Å². The van der Waals surface area contributed by atoms with E-state index in [0.29, 0.717) is 0 Å². The first kappa shape index (κ1) is 8.74. The summed E-state index contributed by atoms with van der Waals surface area (Å²) in [4.78, 5) is 8.25. The number of aliphatic imine (C=N–C) groups is 1. The topological polar surface area (TPSA) is 49.3 Å². The van der Waals surface area contributed by atoms with Crippen LogP contribution in [0.25, 0.3) is 5.70 Å². The fraction of sp³-hybridized carbons (Fsp3) is 0.200. The molecule has 0 bridgehead atoms. The highest BCUT2D eigenvalue weighted by atomic mass is 15.0. The van der Waals surface area contributed by atoms with Crippen molar-refractivity contribution in [2.75, 3.05) is 18.9 Å². The number of nitrogens with zero attached hydrogens (tertiary/aromatic N) is 2. The first-order valence-electron chi connectivity index (χ1n) is 4.43. The summed E-state index contributed by atoms with van der Waals surface area (Å²) in [5.41, 5.74) is 2.92. The molecule has 1 aliphatic heterocycles. The van der Waals surface area contributed by atoms with Crippen molar-refractivity contribution in [3.8, 4) is 0 Å². The van der Waals surface area contributed by atoms with E-state index in [9.17, 15) is 0 Å². The molecule has 0 radical (unpaired) electrons. The number of hydrogen-bond donors (Lipinski definition) is 2. The Morgan fingerprint density at radius 2 is 2.50 bits per heavy atom. The molecule has 1 aliphatic rings. The third kappa shape index (κ3) is 1.25. The lowest BCUT2D eigenvalue weighted by molar-refractivity contribution is 0.932. The van der Waals surface area contributed by atoms with Gasteiger partial charge in [0.25, 0.3) is 0 Å². The Labute approximate surface area is 82.8 Å². The second kappa shape index (κ2) is 3.49. The smallest absolute Gasteiger partial charge is 0.135 e. The second-order valence-corrected chi connectivity index (χ2v) is 2.99. The predicted molar refractivity (Wildman–Crippen MR) is 58.3 cm³/mol. The van der Waals surface area contributed by atoms with E-state index in [1.54, 1.807) is 6.20 Å². The number of pyridine rings is 1. The van der Waals surface area contributed by atoms with Crippen molar-refractivity contribution in [3.05, 3.63) is 29.6 Å². The summed E-state index contributed by atoms with van der Waals surface area (Å²) in [5, 5.41) is 6.31. The van der Waals surface area contributed by atoms with Gasteiger partial charge in [0.05, 0.1) is 17.9 Å². The molecule has 14 heavy (non-hydrogen) atoms. The number of nitrogens with one attached hydrogen (secondary N) is 2. The van der Waals surface area contributed by atoms with Gasteiger partial charge in [-0.25, -0.2) is 4.98 Å². The molecular weight excluding hydrogens is 176 g/mol. The summed E-state index contributed by atoms with van der Waals surface area (Å²) in [6.45, 7) is 4.30. The third-order valence-corrected chi connectivity index (χ3v) is 2.24. The Bertz CT molecular complexity index is 395. The number of fused-ring (bicyclic) bond motifs is 1. The molecule has 2 rings (SSSR count). The van der Waals surface area contributed by atoms with Crippen LogP contribution in [0.4, 0.5) is 5.82 Å². The molecule has 0 aromatic carbocycles. The van der Waals surface area contributed by atoms with E-state index in [1.807, 2.05) is 19.2 Å². The Hall–Kier alpha value is -1.84. The summed E-state index contributed by atoms with van der Waals surface area (Å²) >= 11 is 0. The molecule has 0 unspecified atom stereocenters. The standard InChI is InChI=1S/C10H12N4/c1-11-8-6-14-10-7(9(8)12-2)4-3-5-13-10/h3-5,11H,2,6H2,1H3,(H,13,14). The quantitative estimate of drug-likeness (QED) is 0.683. The number of anilines is 1. The number of aromatic nitrogens is 1. The van der Waals surface area contributed by atoms with Crippen LogP contribution in [-0.4, -0.2) is 25.3 Å². The Kier molecular flexibility index (Phi) is 2.18. The van der Waals surface area contributed by atoms with Gasteiger partial charge >= 0.3 is 0 Å². The van der Waals surface area contributed by atoms with E-state index in [2.05, 4.69) is 27.3 Å². The summed E-state index contributed by atoms with van der Waals surface area (Å²) in [6.07, 6.45) is 1.76. The lowest BCUT2D eigenvalue weighted by Crippen LogP contribution is -2.22. The molecule has 72 valence electrons. The Balaban J connectivity index is 2.57. The predicted octanol–water partition coefficient (Wildman–Crippen LogP) is 1.10. The largest absolute Gasteiger partial charge is 0.388 e. The minimum absolute atomic E-state index is 0.717. The summed E-state index contributed by atoms with van der Waals surface area (Å²) in [6, 6.07) is 3.88. The van der Waals surface area contributed by atoms with Gasteiger partial charge in [0.15, 0.2) is 0 Å². The van der Waals surface area contributed by atoms with E-state index in [1.165, 1.54) is 0 Å². The Morgan fingerprint density at radius 1 is 1.64 bits per heavy atom. The monoisotopic (exact) mass is 188 g/mol. The summed E-state index contributed by atoms with van der Waals surface area (Å²) in [7, 11) is 1.88. The van der Waals surface area contributed by atoms with E-state index in [0.717, 1.165) is 29.3 Å². The molecule has 0 spiro atoms. The second-order valence-electron chi connectivity index (χ2n) is 2.99. The molecule has 1 aromatic rings. The fourth-order valence-electron chi connectivity index (χ4n) is 1.54. The molecular formula is C10H12N4. The number of likely N-dealkylation sites (N-methyl/N-ethyl adjacent to an activating group) is 1. The van der Waals surface area contributed by atoms with Crippen molar-refractivity contribution in [1.29, 1.82) is 0 Å². The maximum absolute atomic E-state index is 4.23. The van der Waals surface area contributed by atoms with E-state index >= 15 is 0 Å². The van der Waals surface area contributed by atoms with Crippen LogP contribution in [0.5, 0.6) is 0 Å². The van der Waals surface area contributed by atoms with Gasteiger partial charge in [0.1, 0.15) is 5.82 Å². The summed E-state index contributed by atoms with van der Waals surface area (Å²) in [5.74, 6) is 0.869. The van der Waals surface area contributed by atoms with Crippen LogP contribution in [0.1, 0.15) is 5.56 Å². The zero-order chi connectivity index (χ0) is 9.97. The highest BCUT2D eigenvalue weighted by molar-refractivity contribution is 5.80. The van der Waals surface area contributed by atoms with Crippen molar-refractivity contribution in [1.82, 2.24) is 10.3 Å². The van der Waals surface area contributed by atoms with Gasteiger partial charge in [-0.1, -0.05) is 0 Å². The van der Waals surface area contributed by atoms with Crippen molar-refractivity contribution in [2.24, 2.45) is 4.99 Å². The molecule has 2 N–H and O–H groups in total. The molecule has 1 aromatic heterocycles. The molecule has 0 saturated carbocycles. The lowest BCUT2D eigenvalue weighted by Gasteiger charge is -2.20. The van der Waals surface area contributed by atoms with Gasteiger partial charge in [0, 0.05) is 18.8 Å². The van der Waals surface area contributed by atoms with E-state index in [-0.39, 0.29) is 0 Å². The van der Waals surface area contributed by atoms with Gasteiger partial charge < -0.3 is 10.6 Å². The molecule has 0 fully saturated rings. The molecule has 4 heteroatoms. The molecule has 4 nitrogen and oxygen atoms in total. The van der Waals surface area contributed by atoms with Crippen LogP contribution in [0, 0.1) is 0 Å². The van der Waals surface area contributed by atoms with Crippen LogP contribution in [-0.2, 0) is 0 Å². The molecule has 0 aliphatic carbocycles. The maximum Gasteiger partial charge on any atom is 0.135 e. The van der Waals surface area contributed by atoms with Crippen LogP contribution in [0.3, 0.4) is 0 Å². The van der Waals surface area contributed by atoms with Gasteiger partial charge in [-0.05, 0) is 18.9 Å². The minimum Gasteiger partial charge on any atom is -0.388 e. The average molecular weight is 188 g/mol. The van der Waals surface area contributed by atoms with Crippen LogP contribution >= 0.6 is 0 Å². The number of hydrogen-bond acceptors (Lipinski definition) is 4. The molecule has 2 heterocycles. The van der Waals surface area contributed by atoms with Crippen molar-refractivity contribution >= 4 is 18.2 Å². The Morgan fingerprint density at radius 3 is 3.21 bits per heavy atom. The zero-order valence-electron chi connectivity index (χ0n) is 8.04. The van der Waals surface area contributed by atoms with E-state index in [4.69, 9.17) is 0 Å². The maximum atomic E-state index is 4.23. The molecule has 0 amide bonds. The highest BCUT2D eigenvalue weighted by Gasteiger charge is 2.16.